The van der Waals surface area contributed by atoms with Gasteiger partial charge < -0.3 is 15.4 Å². The third kappa shape index (κ3) is 6.17. The third-order valence-electron chi connectivity index (χ3n) is 4.44. The predicted molar refractivity (Wildman–Crippen MR) is 112 cm³/mol. The molecule has 0 saturated carbocycles. The normalized spacial score (nSPS) is 16.7. The number of morpholine rings is 1. The van der Waals surface area contributed by atoms with Crippen LogP contribution in [0.25, 0.3) is 0 Å². The third-order valence-corrected chi connectivity index (χ3v) is 5.41. The van der Waals surface area contributed by atoms with E-state index in [1.54, 1.807) is 29.3 Å². The van der Waals surface area contributed by atoms with E-state index in [0.29, 0.717) is 6.54 Å². The summed E-state index contributed by atoms with van der Waals surface area (Å²) in [6.07, 6.45) is 3.58. The van der Waals surface area contributed by atoms with Crippen molar-refractivity contribution in [3.05, 3.63) is 40.3 Å². The van der Waals surface area contributed by atoms with Gasteiger partial charge in [-0.2, -0.15) is 5.10 Å². The summed E-state index contributed by atoms with van der Waals surface area (Å²) >= 11 is 1.73. The summed E-state index contributed by atoms with van der Waals surface area (Å²) < 4.78 is 7.17. The lowest BCUT2D eigenvalue weighted by atomic mass is 10.1. The minimum atomic E-state index is -0.401. The standard InChI is InChI=1S/C17H25N5O2S.2ClH/c1-18-16(13-10-20-21(2)12-13)17(23)19-11-14(15-4-3-9-25-15)22-5-7-24-8-6-22;;/h3-4,9-10,12,14,16,18H,5-8,11H2,1-2H3,(H,19,23);2*1H. The Labute approximate surface area is 176 Å². The van der Waals surface area contributed by atoms with E-state index < -0.39 is 6.04 Å². The van der Waals surface area contributed by atoms with Crippen LogP contribution in [0.5, 0.6) is 0 Å². The molecule has 0 radical (unpaired) electrons. The Hall–Kier alpha value is -1.16. The van der Waals surface area contributed by atoms with Crippen LogP contribution >= 0.6 is 36.2 Å². The van der Waals surface area contributed by atoms with E-state index in [-0.39, 0.29) is 36.8 Å². The smallest absolute Gasteiger partial charge is 0.241 e. The van der Waals surface area contributed by atoms with E-state index in [4.69, 9.17) is 4.74 Å². The molecule has 2 aromatic rings. The molecular weight excluding hydrogens is 409 g/mol. The largest absolute Gasteiger partial charge is 0.379 e. The van der Waals surface area contributed by atoms with Gasteiger partial charge >= 0.3 is 0 Å². The summed E-state index contributed by atoms with van der Waals surface area (Å²) in [6.45, 7) is 3.83. The van der Waals surface area contributed by atoms with Crippen molar-refractivity contribution in [1.82, 2.24) is 25.3 Å². The Morgan fingerprint density at radius 1 is 1.37 bits per heavy atom. The number of carbonyl (C=O) groups excluding carboxylic acids is 1. The molecule has 1 fully saturated rings. The summed E-state index contributed by atoms with van der Waals surface area (Å²) in [6, 6.07) is 3.97. The fourth-order valence-corrected chi connectivity index (χ4v) is 3.98. The molecule has 3 heterocycles. The SMILES string of the molecule is CNC(C(=O)NCC(c1cccs1)N1CCOCC1)c1cnn(C)c1.Cl.Cl. The number of aromatic nitrogens is 2. The number of hydrogen-bond acceptors (Lipinski definition) is 6. The first-order valence-corrected chi connectivity index (χ1v) is 9.35. The Morgan fingerprint density at radius 2 is 2.11 bits per heavy atom. The molecule has 3 rings (SSSR count). The Bertz CT molecular complexity index is 677. The maximum Gasteiger partial charge on any atom is 0.241 e. The molecule has 0 aromatic carbocycles. The zero-order valence-electron chi connectivity index (χ0n) is 15.5. The average molecular weight is 436 g/mol. The van der Waals surface area contributed by atoms with Gasteiger partial charge in [-0.3, -0.25) is 14.4 Å². The van der Waals surface area contributed by atoms with Crippen molar-refractivity contribution in [3.8, 4) is 0 Å². The zero-order chi connectivity index (χ0) is 17.6. The molecule has 152 valence electrons. The van der Waals surface area contributed by atoms with Gasteiger partial charge in [0.15, 0.2) is 0 Å². The molecule has 7 nitrogen and oxygen atoms in total. The van der Waals surface area contributed by atoms with Gasteiger partial charge in [0.2, 0.25) is 5.91 Å². The van der Waals surface area contributed by atoms with E-state index in [1.807, 2.05) is 13.2 Å². The van der Waals surface area contributed by atoms with E-state index >= 15 is 0 Å². The first kappa shape index (κ1) is 23.9. The van der Waals surface area contributed by atoms with E-state index in [2.05, 4.69) is 38.1 Å². The van der Waals surface area contributed by atoms with Crippen LogP contribution in [0.15, 0.2) is 29.9 Å². The van der Waals surface area contributed by atoms with Gasteiger partial charge in [-0.1, -0.05) is 6.07 Å². The van der Waals surface area contributed by atoms with Crippen molar-refractivity contribution in [2.24, 2.45) is 7.05 Å². The van der Waals surface area contributed by atoms with E-state index in [1.165, 1.54) is 4.88 Å². The first-order valence-electron chi connectivity index (χ1n) is 8.47. The summed E-state index contributed by atoms with van der Waals surface area (Å²) in [4.78, 5) is 16.3. The van der Waals surface area contributed by atoms with Gasteiger partial charge in [0.05, 0.1) is 25.5 Å². The Balaban J connectivity index is 0.00000182. The summed E-state index contributed by atoms with van der Waals surface area (Å²) in [7, 11) is 3.63. The van der Waals surface area contributed by atoms with Crippen LogP contribution in [0.1, 0.15) is 22.5 Å². The highest BCUT2D eigenvalue weighted by molar-refractivity contribution is 7.10. The number of aryl methyl sites for hydroxylation is 1. The van der Waals surface area contributed by atoms with Crippen LogP contribution in [0.3, 0.4) is 0 Å². The summed E-state index contributed by atoms with van der Waals surface area (Å²) in [5, 5.41) is 12.4. The van der Waals surface area contributed by atoms with Gasteiger partial charge in [0.1, 0.15) is 6.04 Å². The lowest BCUT2D eigenvalue weighted by Gasteiger charge is -2.34. The molecule has 1 saturated heterocycles. The molecule has 10 heteroatoms. The molecule has 2 aromatic heterocycles. The number of nitrogens with one attached hydrogen (secondary N) is 2. The van der Waals surface area contributed by atoms with Crippen molar-refractivity contribution in [1.29, 1.82) is 0 Å². The van der Waals surface area contributed by atoms with Gasteiger partial charge in [-0.15, -0.1) is 36.2 Å². The topological polar surface area (TPSA) is 71.4 Å². The van der Waals surface area contributed by atoms with Crippen molar-refractivity contribution < 1.29 is 9.53 Å². The van der Waals surface area contributed by atoms with Crippen LogP contribution < -0.4 is 10.6 Å². The minimum absolute atomic E-state index is 0. The number of hydrogen-bond donors (Lipinski definition) is 2. The molecule has 2 N–H and O–H groups in total. The van der Waals surface area contributed by atoms with Gasteiger partial charge in [0, 0.05) is 43.3 Å². The molecule has 0 bridgehead atoms. The molecule has 2 atom stereocenters. The van der Waals surface area contributed by atoms with Crippen molar-refractivity contribution in [3.63, 3.8) is 0 Å². The number of nitrogens with zero attached hydrogens (tertiary/aromatic N) is 3. The number of thiophene rings is 1. The van der Waals surface area contributed by atoms with Crippen molar-refractivity contribution in [2.45, 2.75) is 12.1 Å². The van der Waals surface area contributed by atoms with Gasteiger partial charge in [-0.05, 0) is 18.5 Å². The fraction of sp³-hybridized carbons (Fsp3) is 0.529. The second-order valence-corrected chi connectivity index (χ2v) is 7.07. The van der Waals surface area contributed by atoms with E-state index in [0.717, 1.165) is 31.9 Å². The minimum Gasteiger partial charge on any atom is -0.379 e. The molecule has 1 aliphatic rings. The molecule has 27 heavy (non-hydrogen) atoms. The Morgan fingerprint density at radius 3 is 2.67 bits per heavy atom. The number of carbonyl (C=O) groups is 1. The number of amides is 1. The molecular formula is C17H27Cl2N5O2S. The lowest BCUT2D eigenvalue weighted by Crippen LogP contribution is -2.45. The van der Waals surface area contributed by atoms with Crippen LogP contribution in [-0.2, 0) is 16.6 Å². The van der Waals surface area contributed by atoms with Crippen LogP contribution in [0, 0.1) is 0 Å². The maximum atomic E-state index is 12.7. The maximum absolute atomic E-state index is 12.7. The van der Waals surface area contributed by atoms with Gasteiger partial charge in [0.25, 0.3) is 0 Å². The zero-order valence-corrected chi connectivity index (χ0v) is 17.9. The van der Waals surface area contributed by atoms with Crippen LogP contribution in [-0.4, -0.2) is 60.5 Å². The number of halogens is 2. The highest BCUT2D eigenvalue weighted by Gasteiger charge is 2.26. The lowest BCUT2D eigenvalue weighted by molar-refractivity contribution is -0.123. The number of likely N-dealkylation sites (N-methyl/N-ethyl adjacent to an activating group) is 1. The second kappa shape index (κ2) is 11.6. The quantitative estimate of drug-likeness (QED) is 0.693. The average Bonchev–Trinajstić information content (AvgIpc) is 3.29. The van der Waals surface area contributed by atoms with Crippen molar-refractivity contribution >= 4 is 42.1 Å². The second-order valence-electron chi connectivity index (χ2n) is 6.09. The fourth-order valence-electron chi connectivity index (χ4n) is 3.12. The predicted octanol–water partition coefficient (Wildman–Crippen LogP) is 1.78. The first-order chi connectivity index (χ1) is 12.2. The summed E-state index contributed by atoms with van der Waals surface area (Å²) in [5.74, 6) is -0.0367. The van der Waals surface area contributed by atoms with Crippen LogP contribution in [0.4, 0.5) is 0 Å². The number of ether oxygens (including phenoxy) is 1. The highest BCUT2D eigenvalue weighted by Crippen LogP contribution is 2.25. The molecule has 1 amide bonds. The molecule has 0 aliphatic carbocycles. The van der Waals surface area contributed by atoms with Gasteiger partial charge in [-0.25, -0.2) is 0 Å². The molecule has 2 unspecified atom stereocenters. The number of rotatable bonds is 7. The Kier molecular flexibility index (Phi) is 10.3. The van der Waals surface area contributed by atoms with E-state index in [9.17, 15) is 4.79 Å². The highest BCUT2D eigenvalue weighted by atomic mass is 35.5. The molecule has 0 spiro atoms. The van der Waals surface area contributed by atoms with Crippen molar-refractivity contribution in [2.75, 3.05) is 39.9 Å². The molecule has 1 aliphatic heterocycles. The monoisotopic (exact) mass is 435 g/mol. The summed E-state index contributed by atoms with van der Waals surface area (Å²) in [5.41, 5.74) is 0.863. The van der Waals surface area contributed by atoms with Crippen LogP contribution in [0.2, 0.25) is 0 Å².